The largest absolute Gasteiger partial charge is 0.445 e. The molecule has 1 aliphatic heterocycles. The van der Waals surface area contributed by atoms with Gasteiger partial charge in [0, 0.05) is 26.2 Å². The SMILES string of the molecule is CCC(C)C(NC(=O)OCc1ccccc1)C(=O)N1CCN(CC)CC1. The molecule has 1 aliphatic rings. The van der Waals surface area contributed by atoms with Crippen molar-refractivity contribution in [3.05, 3.63) is 35.9 Å². The van der Waals surface area contributed by atoms with Gasteiger partial charge in [-0.2, -0.15) is 0 Å². The molecule has 0 spiro atoms. The Kier molecular flexibility index (Phi) is 7.91. The summed E-state index contributed by atoms with van der Waals surface area (Å²) in [7, 11) is 0. The van der Waals surface area contributed by atoms with Crippen LogP contribution >= 0.6 is 0 Å². The number of benzene rings is 1. The van der Waals surface area contributed by atoms with E-state index in [0.29, 0.717) is 13.1 Å². The van der Waals surface area contributed by atoms with Crippen LogP contribution in [0, 0.1) is 5.92 Å². The van der Waals surface area contributed by atoms with E-state index in [-0.39, 0.29) is 18.4 Å². The van der Waals surface area contributed by atoms with E-state index in [1.165, 1.54) is 0 Å². The molecule has 1 saturated heterocycles. The molecule has 0 saturated carbocycles. The minimum Gasteiger partial charge on any atom is -0.445 e. The topological polar surface area (TPSA) is 61.9 Å². The minimum atomic E-state index is -0.545. The summed E-state index contributed by atoms with van der Waals surface area (Å²) in [4.78, 5) is 29.3. The van der Waals surface area contributed by atoms with Crippen molar-refractivity contribution in [1.29, 1.82) is 0 Å². The summed E-state index contributed by atoms with van der Waals surface area (Å²) in [5, 5.41) is 2.79. The number of piperazine rings is 1. The van der Waals surface area contributed by atoms with Gasteiger partial charge in [-0.05, 0) is 18.0 Å². The second-order valence-electron chi connectivity index (χ2n) is 6.83. The van der Waals surface area contributed by atoms with Crippen LogP contribution in [-0.2, 0) is 16.1 Å². The molecule has 2 rings (SSSR count). The van der Waals surface area contributed by atoms with Crippen LogP contribution in [0.4, 0.5) is 4.79 Å². The molecule has 0 aromatic heterocycles. The van der Waals surface area contributed by atoms with E-state index in [0.717, 1.165) is 31.6 Å². The molecule has 6 nitrogen and oxygen atoms in total. The van der Waals surface area contributed by atoms with Crippen molar-refractivity contribution in [2.45, 2.75) is 39.8 Å². The molecule has 1 aromatic carbocycles. The van der Waals surface area contributed by atoms with Gasteiger partial charge in [-0.3, -0.25) is 4.79 Å². The first-order valence-electron chi connectivity index (χ1n) is 9.53. The van der Waals surface area contributed by atoms with Crippen LogP contribution in [0.2, 0.25) is 0 Å². The lowest BCUT2D eigenvalue weighted by Gasteiger charge is -2.37. The van der Waals surface area contributed by atoms with Gasteiger partial charge in [0.25, 0.3) is 0 Å². The van der Waals surface area contributed by atoms with Crippen LogP contribution in [0.3, 0.4) is 0 Å². The van der Waals surface area contributed by atoms with E-state index in [1.807, 2.05) is 49.1 Å². The highest BCUT2D eigenvalue weighted by atomic mass is 16.5. The number of carbonyl (C=O) groups excluding carboxylic acids is 2. The fourth-order valence-corrected chi connectivity index (χ4v) is 3.06. The average Bonchev–Trinajstić information content (AvgIpc) is 2.70. The highest BCUT2D eigenvalue weighted by Gasteiger charge is 2.31. The number of alkyl carbamates (subject to hydrolysis) is 1. The Balaban J connectivity index is 1.91. The molecule has 1 fully saturated rings. The summed E-state index contributed by atoms with van der Waals surface area (Å²) in [6.45, 7) is 10.5. The first-order chi connectivity index (χ1) is 12.5. The normalized spacial score (nSPS) is 17.4. The maximum absolute atomic E-state index is 12.9. The van der Waals surface area contributed by atoms with Gasteiger partial charge in [0.2, 0.25) is 5.91 Å². The van der Waals surface area contributed by atoms with Gasteiger partial charge < -0.3 is 19.9 Å². The van der Waals surface area contributed by atoms with Crippen LogP contribution in [0.15, 0.2) is 30.3 Å². The minimum absolute atomic E-state index is 0.00763. The number of nitrogens with one attached hydrogen (secondary N) is 1. The molecule has 1 heterocycles. The third kappa shape index (κ3) is 5.73. The number of carbonyl (C=O) groups is 2. The van der Waals surface area contributed by atoms with Gasteiger partial charge in [-0.25, -0.2) is 4.79 Å². The highest BCUT2D eigenvalue weighted by Crippen LogP contribution is 2.13. The van der Waals surface area contributed by atoms with Crippen LogP contribution in [-0.4, -0.2) is 60.6 Å². The molecule has 144 valence electrons. The Morgan fingerprint density at radius 1 is 1.12 bits per heavy atom. The second-order valence-corrected chi connectivity index (χ2v) is 6.83. The maximum Gasteiger partial charge on any atom is 0.408 e. The Morgan fingerprint density at radius 3 is 2.35 bits per heavy atom. The number of likely N-dealkylation sites (N-methyl/N-ethyl adjacent to an activating group) is 1. The Labute approximate surface area is 156 Å². The molecule has 1 aromatic rings. The quantitative estimate of drug-likeness (QED) is 0.810. The number of nitrogens with zero attached hydrogens (tertiary/aromatic N) is 2. The zero-order valence-electron chi connectivity index (χ0n) is 16.1. The molecule has 2 unspecified atom stereocenters. The van der Waals surface area contributed by atoms with E-state index in [4.69, 9.17) is 4.74 Å². The number of hydrogen-bond donors (Lipinski definition) is 1. The summed E-state index contributed by atoms with van der Waals surface area (Å²) in [6, 6.07) is 8.97. The van der Waals surface area contributed by atoms with Crippen molar-refractivity contribution in [2.24, 2.45) is 5.92 Å². The number of amides is 2. The van der Waals surface area contributed by atoms with Crippen LogP contribution in [0.1, 0.15) is 32.8 Å². The Hall–Kier alpha value is -2.08. The van der Waals surface area contributed by atoms with Crippen LogP contribution < -0.4 is 5.32 Å². The van der Waals surface area contributed by atoms with E-state index in [2.05, 4.69) is 17.1 Å². The Morgan fingerprint density at radius 2 is 1.77 bits per heavy atom. The van der Waals surface area contributed by atoms with Gasteiger partial charge in [-0.1, -0.05) is 57.5 Å². The molecular formula is C20H31N3O3. The van der Waals surface area contributed by atoms with Gasteiger partial charge in [-0.15, -0.1) is 0 Å². The van der Waals surface area contributed by atoms with Gasteiger partial charge >= 0.3 is 6.09 Å². The molecule has 0 bridgehead atoms. The summed E-state index contributed by atoms with van der Waals surface area (Å²) in [5.74, 6) is 0.0442. The molecule has 6 heteroatoms. The predicted octanol–water partition coefficient (Wildman–Crippen LogP) is 2.49. The first-order valence-corrected chi connectivity index (χ1v) is 9.53. The second kappa shape index (κ2) is 10.2. The van der Waals surface area contributed by atoms with Crippen molar-refractivity contribution in [2.75, 3.05) is 32.7 Å². The van der Waals surface area contributed by atoms with Gasteiger partial charge in [0.05, 0.1) is 0 Å². The third-order valence-corrected chi connectivity index (χ3v) is 5.10. The standard InChI is InChI=1S/C20H31N3O3/c1-4-16(3)18(19(24)23-13-11-22(5-2)12-14-23)21-20(25)26-15-17-9-7-6-8-10-17/h6-10,16,18H,4-5,11-15H2,1-3H3,(H,21,25). The van der Waals surface area contributed by atoms with E-state index in [1.54, 1.807) is 0 Å². The Bertz CT molecular complexity index is 571. The lowest BCUT2D eigenvalue weighted by molar-refractivity contribution is -0.136. The molecule has 2 atom stereocenters. The third-order valence-electron chi connectivity index (χ3n) is 5.10. The highest BCUT2D eigenvalue weighted by molar-refractivity contribution is 5.86. The lowest BCUT2D eigenvalue weighted by Crippen LogP contribution is -2.56. The predicted molar refractivity (Wildman–Crippen MR) is 102 cm³/mol. The van der Waals surface area contributed by atoms with Gasteiger partial charge in [0.1, 0.15) is 12.6 Å². The fourth-order valence-electron chi connectivity index (χ4n) is 3.06. The number of hydrogen-bond acceptors (Lipinski definition) is 4. The zero-order chi connectivity index (χ0) is 18.9. The van der Waals surface area contributed by atoms with E-state index in [9.17, 15) is 9.59 Å². The van der Waals surface area contributed by atoms with Crippen molar-refractivity contribution < 1.29 is 14.3 Å². The lowest BCUT2D eigenvalue weighted by atomic mass is 9.97. The zero-order valence-corrected chi connectivity index (χ0v) is 16.1. The smallest absolute Gasteiger partial charge is 0.408 e. The van der Waals surface area contributed by atoms with E-state index < -0.39 is 12.1 Å². The van der Waals surface area contributed by atoms with Crippen molar-refractivity contribution >= 4 is 12.0 Å². The maximum atomic E-state index is 12.9. The molecule has 2 amide bonds. The molecule has 0 aliphatic carbocycles. The summed E-state index contributed by atoms with van der Waals surface area (Å²) in [6.07, 6.45) is 0.268. The molecule has 1 N–H and O–H groups in total. The van der Waals surface area contributed by atoms with Crippen LogP contribution in [0.25, 0.3) is 0 Å². The summed E-state index contributed by atoms with van der Waals surface area (Å²) in [5.41, 5.74) is 0.921. The van der Waals surface area contributed by atoms with Crippen molar-refractivity contribution in [3.8, 4) is 0 Å². The molecule has 26 heavy (non-hydrogen) atoms. The monoisotopic (exact) mass is 361 g/mol. The number of ether oxygens (including phenoxy) is 1. The number of rotatable bonds is 7. The summed E-state index contributed by atoms with van der Waals surface area (Å²) < 4.78 is 5.30. The van der Waals surface area contributed by atoms with Crippen molar-refractivity contribution in [3.63, 3.8) is 0 Å². The molecular weight excluding hydrogens is 330 g/mol. The average molecular weight is 361 g/mol. The van der Waals surface area contributed by atoms with Crippen LogP contribution in [0.5, 0.6) is 0 Å². The van der Waals surface area contributed by atoms with Crippen molar-refractivity contribution in [1.82, 2.24) is 15.1 Å². The first kappa shape index (κ1) is 20.2. The van der Waals surface area contributed by atoms with Gasteiger partial charge in [0.15, 0.2) is 0 Å². The summed E-state index contributed by atoms with van der Waals surface area (Å²) >= 11 is 0. The van der Waals surface area contributed by atoms with E-state index >= 15 is 0 Å². The molecule has 0 radical (unpaired) electrons. The fraction of sp³-hybridized carbons (Fsp3) is 0.600.